The van der Waals surface area contributed by atoms with Crippen molar-refractivity contribution in [3.05, 3.63) is 38.4 Å². The molecule has 0 aliphatic heterocycles. The van der Waals surface area contributed by atoms with Crippen molar-refractivity contribution in [2.75, 3.05) is 0 Å². The number of primary amides is 1. The number of halogens is 1. The molecule has 2 N–H and O–H groups in total. The van der Waals surface area contributed by atoms with Crippen LogP contribution in [-0.2, 0) is 0 Å². The highest BCUT2D eigenvalue weighted by Crippen LogP contribution is 2.26. The number of hydrogen-bond acceptors (Lipinski definition) is 3. The van der Waals surface area contributed by atoms with Crippen molar-refractivity contribution in [2.24, 2.45) is 5.73 Å². The molecule has 1 aromatic rings. The van der Waals surface area contributed by atoms with E-state index >= 15 is 0 Å². The van der Waals surface area contributed by atoms with E-state index in [2.05, 4.69) is 0 Å². The Morgan fingerprint density at radius 1 is 1.57 bits per heavy atom. The van der Waals surface area contributed by atoms with Crippen LogP contribution < -0.4 is 5.73 Å². The van der Waals surface area contributed by atoms with Gasteiger partial charge in [0.25, 0.3) is 11.6 Å². The molecule has 1 amide bonds. The quantitative estimate of drug-likeness (QED) is 0.600. The standard InChI is InChI=1S/C8H7ClN2O3/c1-4-2-5(9)3-6(11(13)14)7(4)8(10)12/h2-3H,1H3,(H2,10,12). The molecule has 0 spiro atoms. The predicted octanol–water partition coefficient (Wildman–Crippen LogP) is 1.66. The fourth-order valence-corrected chi connectivity index (χ4v) is 1.46. The molecule has 1 aromatic carbocycles. The molecule has 0 aliphatic carbocycles. The van der Waals surface area contributed by atoms with Gasteiger partial charge in [-0.05, 0) is 18.6 Å². The summed E-state index contributed by atoms with van der Waals surface area (Å²) in [5.74, 6) is -0.828. The number of nitro groups is 1. The molecule has 0 saturated carbocycles. The second-order valence-electron chi connectivity index (χ2n) is 2.74. The lowest BCUT2D eigenvalue weighted by Gasteiger charge is -2.03. The van der Waals surface area contributed by atoms with Gasteiger partial charge < -0.3 is 5.73 Å². The Balaban J connectivity index is 3.52. The minimum absolute atomic E-state index is 0.0978. The number of benzene rings is 1. The number of aryl methyl sites for hydroxylation is 1. The number of carbonyl (C=O) groups excluding carboxylic acids is 1. The van der Waals surface area contributed by atoms with Crippen LogP contribution in [0.4, 0.5) is 5.69 Å². The van der Waals surface area contributed by atoms with Gasteiger partial charge in [0.05, 0.1) is 4.92 Å². The van der Waals surface area contributed by atoms with E-state index < -0.39 is 10.8 Å². The lowest BCUT2D eigenvalue weighted by Crippen LogP contribution is -2.15. The molecule has 0 fully saturated rings. The zero-order valence-corrected chi connectivity index (χ0v) is 8.04. The van der Waals surface area contributed by atoms with Crippen molar-refractivity contribution < 1.29 is 9.72 Å². The summed E-state index contributed by atoms with van der Waals surface area (Å²) < 4.78 is 0. The third kappa shape index (κ3) is 1.82. The summed E-state index contributed by atoms with van der Waals surface area (Å²) in [6, 6.07) is 2.56. The summed E-state index contributed by atoms with van der Waals surface area (Å²) >= 11 is 5.61. The van der Waals surface area contributed by atoms with Crippen molar-refractivity contribution >= 4 is 23.2 Å². The molecule has 0 unspecified atom stereocenters. The summed E-state index contributed by atoms with van der Waals surface area (Å²) in [5.41, 5.74) is 4.96. The van der Waals surface area contributed by atoms with Gasteiger partial charge >= 0.3 is 0 Å². The van der Waals surface area contributed by atoms with Crippen molar-refractivity contribution in [2.45, 2.75) is 6.92 Å². The first-order valence-corrected chi connectivity index (χ1v) is 4.05. The third-order valence-electron chi connectivity index (χ3n) is 1.72. The van der Waals surface area contributed by atoms with Gasteiger partial charge in [-0.3, -0.25) is 14.9 Å². The highest BCUT2D eigenvalue weighted by molar-refractivity contribution is 6.31. The number of nitrogens with zero attached hydrogens (tertiary/aromatic N) is 1. The van der Waals surface area contributed by atoms with Crippen molar-refractivity contribution in [1.82, 2.24) is 0 Å². The van der Waals surface area contributed by atoms with Crippen molar-refractivity contribution in [3.63, 3.8) is 0 Å². The molecule has 0 bridgehead atoms. The minimum Gasteiger partial charge on any atom is -0.365 e. The minimum atomic E-state index is -0.828. The van der Waals surface area contributed by atoms with Gasteiger partial charge in [-0.25, -0.2) is 0 Å². The fourth-order valence-electron chi connectivity index (χ4n) is 1.19. The SMILES string of the molecule is Cc1cc(Cl)cc([N+](=O)[O-])c1C(N)=O. The summed E-state index contributed by atoms with van der Waals surface area (Å²) in [7, 11) is 0. The molecule has 5 nitrogen and oxygen atoms in total. The average Bonchev–Trinajstić information content (AvgIpc) is 2.01. The summed E-state index contributed by atoms with van der Waals surface area (Å²) in [6.45, 7) is 1.54. The highest BCUT2D eigenvalue weighted by Gasteiger charge is 2.21. The number of hydrogen-bond donors (Lipinski definition) is 1. The average molecular weight is 215 g/mol. The molecule has 0 saturated heterocycles. The molecule has 6 heteroatoms. The van der Waals surface area contributed by atoms with E-state index in [-0.39, 0.29) is 16.3 Å². The van der Waals surface area contributed by atoms with Crippen LogP contribution in [0, 0.1) is 17.0 Å². The third-order valence-corrected chi connectivity index (χ3v) is 1.94. The smallest absolute Gasteiger partial charge is 0.283 e. The number of carbonyl (C=O) groups is 1. The monoisotopic (exact) mass is 214 g/mol. The van der Waals surface area contributed by atoms with Crippen LogP contribution in [0.15, 0.2) is 12.1 Å². The van der Waals surface area contributed by atoms with E-state index in [0.29, 0.717) is 5.56 Å². The summed E-state index contributed by atoms with van der Waals surface area (Å²) in [4.78, 5) is 20.8. The van der Waals surface area contributed by atoms with E-state index in [1.54, 1.807) is 6.92 Å². The van der Waals surface area contributed by atoms with Crippen LogP contribution in [0.2, 0.25) is 5.02 Å². The first-order valence-electron chi connectivity index (χ1n) is 3.68. The number of amides is 1. The zero-order chi connectivity index (χ0) is 10.9. The van der Waals surface area contributed by atoms with Crippen LogP contribution >= 0.6 is 11.6 Å². The Kier molecular flexibility index (Phi) is 2.71. The second kappa shape index (κ2) is 3.63. The summed E-state index contributed by atoms with van der Waals surface area (Å²) in [6.07, 6.45) is 0. The molecule has 74 valence electrons. The van der Waals surface area contributed by atoms with Crippen LogP contribution in [0.25, 0.3) is 0 Å². The van der Waals surface area contributed by atoms with Gasteiger partial charge in [0.15, 0.2) is 0 Å². The predicted molar refractivity (Wildman–Crippen MR) is 51.4 cm³/mol. The molecule has 1 rings (SSSR count). The maximum Gasteiger partial charge on any atom is 0.283 e. The van der Waals surface area contributed by atoms with Crippen molar-refractivity contribution in [3.8, 4) is 0 Å². The fraction of sp³-hybridized carbons (Fsp3) is 0.125. The van der Waals surface area contributed by atoms with Gasteiger partial charge in [-0.15, -0.1) is 0 Å². The van der Waals surface area contributed by atoms with Gasteiger partial charge in [0.2, 0.25) is 0 Å². The Hall–Kier alpha value is -1.62. The Morgan fingerprint density at radius 2 is 2.14 bits per heavy atom. The first-order chi connectivity index (χ1) is 6.43. The molecule has 0 aromatic heterocycles. The van der Waals surface area contributed by atoms with Gasteiger partial charge in [-0.1, -0.05) is 11.6 Å². The Morgan fingerprint density at radius 3 is 2.57 bits per heavy atom. The maximum absolute atomic E-state index is 10.9. The van der Waals surface area contributed by atoms with Crippen LogP contribution in [-0.4, -0.2) is 10.8 Å². The molecule has 0 atom stereocenters. The Labute approximate surface area is 84.6 Å². The van der Waals surface area contributed by atoms with Gasteiger partial charge in [-0.2, -0.15) is 0 Å². The molecule has 0 heterocycles. The second-order valence-corrected chi connectivity index (χ2v) is 3.17. The van der Waals surface area contributed by atoms with E-state index in [4.69, 9.17) is 17.3 Å². The number of nitrogens with two attached hydrogens (primary N) is 1. The lowest BCUT2D eigenvalue weighted by molar-refractivity contribution is -0.385. The normalized spacial score (nSPS) is 9.86. The number of nitro benzene ring substituents is 1. The molecular weight excluding hydrogens is 208 g/mol. The van der Waals surface area contributed by atoms with Gasteiger partial charge in [0.1, 0.15) is 5.56 Å². The molecule has 0 radical (unpaired) electrons. The first kappa shape index (κ1) is 10.5. The maximum atomic E-state index is 10.9. The van der Waals surface area contributed by atoms with Crippen LogP contribution in [0.5, 0.6) is 0 Å². The topological polar surface area (TPSA) is 86.2 Å². The lowest BCUT2D eigenvalue weighted by atomic mass is 10.1. The summed E-state index contributed by atoms with van der Waals surface area (Å²) in [5, 5.41) is 10.8. The van der Waals surface area contributed by atoms with Crippen LogP contribution in [0.1, 0.15) is 15.9 Å². The zero-order valence-electron chi connectivity index (χ0n) is 7.28. The van der Waals surface area contributed by atoms with E-state index in [1.165, 1.54) is 6.07 Å². The molecular formula is C8H7ClN2O3. The number of rotatable bonds is 2. The van der Waals surface area contributed by atoms with E-state index in [9.17, 15) is 14.9 Å². The Bertz CT molecular complexity index is 417. The molecule has 14 heavy (non-hydrogen) atoms. The molecule has 0 aliphatic rings. The van der Waals surface area contributed by atoms with E-state index in [0.717, 1.165) is 6.07 Å². The largest absolute Gasteiger partial charge is 0.365 e. The van der Waals surface area contributed by atoms with Gasteiger partial charge in [0, 0.05) is 11.1 Å². The van der Waals surface area contributed by atoms with E-state index in [1.807, 2.05) is 0 Å². The van der Waals surface area contributed by atoms with Crippen molar-refractivity contribution in [1.29, 1.82) is 0 Å². The highest BCUT2D eigenvalue weighted by atomic mass is 35.5. The van der Waals surface area contributed by atoms with Crippen LogP contribution in [0.3, 0.4) is 0 Å².